The first-order valence-corrected chi connectivity index (χ1v) is 6.84. The molecule has 2 aromatic heterocycles. The van der Waals surface area contributed by atoms with Crippen molar-refractivity contribution in [2.24, 2.45) is 0 Å². The zero-order chi connectivity index (χ0) is 14.8. The predicted molar refractivity (Wildman–Crippen MR) is 81.0 cm³/mol. The van der Waals surface area contributed by atoms with Crippen LogP contribution in [0.15, 0.2) is 47.5 Å². The van der Waals surface area contributed by atoms with Gasteiger partial charge in [0.25, 0.3) is 0 Å². The number of nitrogens with one attached hydrogen (secondary N) is 1. The van der Waals surface area contributed by atoms with Crippen LogP contribution in [0.2, 0.25) is 5.02 Å². The molecule has 6 heteroatoms. The lowest BCUT2D eigenvalue weighted by molar-refractivity contribution is 0.884. The SMILES string of the molecule is Cc1ccc(Cl)cc1-n1c(Cc2cccnc2)n[nH]c1=O. The van der Waals surface area contributed by atoms with E-state index in [2.05, 4.69) is 15.2 Å². The van der Waals surface area contributed by atoms with Crippen molar-refractivity contribution in [3.63, 3.8) is 0 Å². The topological polar surface area (TPSA) is 63.6 Å². The number of H-pyrrole nitrogens is 1. The monoisotopic (exact) mass is 300 g/mol. The molecule has 0 fully saturated rings. The number of benzene rings is 1. The average Bonchev–Trinajstić information content (AvgIpc) is 2.84. The predicted octanol–water partition coefficient (Wildman–Crippen LogP) is 2.51. The number of hydrogen-bond donors (Lipinski definition) is 1. The van der Waals surface area contributed by atoms with Crippen LogP contribution in [0.4, 0.5) is 0 Å². The van der Waals surface area contributed by atoms with Crippen LogP contribution >= 0.6 is 11.6 Å². The number of nitrogens with zero attached hydrogens (tertiary/aromatic N) is 3. The minimum atomic E-state index is -0.278. The van der Waals surface area contributed by atoms with E-state index in [1.807, 2.05) is 25.1 Å². The Morgan fingerprint density at radius 1 is 1.33 bits per heavy atom. The van der Waals surface area contributed by atoms with Crippen molar-refractivity contribution in [2.45, 2.75) is 13.3 Å². The van der Waals surface area contributed by atoms with Gasteiger partial charge >= 0.3 is 5.69 Å². The molecule has 0 saturated heterocycles. The van der Waals surface area contributed by atoms with E-state index in [0.717, 1.165) is 16.8 Å². The summed E-state index contributed by atoms with van der Waals surface area (Å²) in [6.07, 6.45) is 3.98. The van der Waals surface area contributed by atoms with Gasteiger partial charge in [-0.1, -0.05) is 23.7 Å². The van der Waals surface area contributed by atoms with Gasteiger partial charge in [0.05, 0.1) is 5.69 Å². The highest BCUT2D eigenvalue weighted by Crippen LogP contribution is 2.19. The van der Waals surface area contributed by atoms with Gasteiger partial charge in [0, 0.05) is 23.8 Å². The van der Waals surface area contributed by atoms with E-state index in [9.17, 15) is 4.79 Å². The number of aromatic nitrogens is 4. The van der Waals surface area contributed by atoms with Crippen LogP contribution in [0.1, 0.15) is 17.0 Å². The van der Waals surface area contributed by atoms with Gasteiger partial charge in [-0.05, 0) is 36.2 Å². The molecule has 0 aliphatic heterocycles. The second-order valence-electron chi connectivity index (χ2n) is 4.75. The van der Waals surface area contributed by atoms with E-state index in [4.69, 9.17) is 11.6 Å². The molecule has 0 amide bonds. The number of aryl methyl sites for hydroxylation is 1. The van der Waals surface area contributed by atoms with E-state index < -0.39 is 0 Å². The van der Waals surface area contributed by atoms with Crippen LogP contribution in [0.5, 0.6) is 0 Å². The molecule has 106 valence electrons. The van der Waals surface area contributed by atoms with Gasteiger partial charge in [0.15, 0.2) is 0 Å². The lowest BCUT2D eigenvalue weighted by Crippen LogP contribution is -2.18. The Morgan fingerprint density at radius 2 is 2.19 bits per heavy atom. The molecule has 0 saturated carbocycles. The zero-order valence-corrected chi connectivity index (χ0v) is 12.1. The Balaban J connectivity index is 2.09. The fourth-order valence-electron chi connectivity index (χ4n) is 2.21. The van der Waals surface area contributed by atoms with Gasteiger partial charge < -0.3 is 0 Å². The van der Waals surface area contributed by atoms with E-state index in [1.165, 1.54) is 0 Å². The molecule has 3 aromatic rings. The summed E-state index contributed by atoms with van der Waals surface area (Å²) in [4.78, 5) is 16.2. The van der Waals surface area contributed by atoms with Gasteiger partial charge in [0.2, 0.25) is 0 Å². The number of aromatic amines is 1. The molecule has 1 N–H and O–H groups in total. The van der Waals surface area contributed by atoms with Crippen molar-refractivity contribution in [3.8, 4) is 5.69 Å². The third-order valence-electron chi connectivity index (χ3n) is 3.24. The number of halogens is 1. The molecule has 21 heavy (non-hydrogen) atoms. The molecule has 0 aliphatic rings. The molecule has 0 radical (unpaired) electrons. The van der Waals surface area contributed by atoms with Crippen molar-refractivity contribution < 1.29 is 0 Å². The number of pyridine rings is 1. The first-order chi connectivity index (χ1) is 10.1. The average molecular weight is 301 g/mol. The Bertz CT molecular complexity index is 823. The summed E-state index contributed by atoms with van der Waals surface area (Å²) >= 11 is 6.04. The van der Waals surface area contributed by atoms with Gasteiger partial charge in [-0.25, -0.2) is 14.5 Å². The van der Waals surface area contributed by atoms with Gasteiger partial charge in [-0.2, -0.15) is 5.10 Å². The zero-order valence-electron chi connectivity index (χ0n) is 11.4. The maximum atomic E-state index is 12.1. The maximum Gasteiger partial charge on any atom is 0.347 e. The maximum absolute atomic E-state index is 12.1. The third kappa shape index (κ3) is 2.73. The first-order valence-electron chi connectivity index (χ1n) is 6.47. The standard InChI is InChI=1S/C15H13ClN4O/c1-10-4-5-12(16)8-13(10)20-14(18-19-15(20)21)7-11-3-2-6-17-9-11/h2-6,8-9H,7H2,1H3,(H,19,21). The first kappa shape index (κ1) is 13.6. The summed E-state index contributed by atoms with van der Waals surface area (Å²) in [6, 6.07) is 9.24. The van der Waals surface area contributed by atoms with Crippen molar-refractivity contribution in [1.29, 1.82) is 0 Å². The second-order valence-corrected chi connectivity index (χ2v) is 5.19. The molecular weight excluding hydrogens is 288 g/mol. The quantitative estimate of drug-likeness (QED) is 0.808. The van der Waals surface area contributed by atoms with Crippen molar-refractivity contribution >= 4 is 11.6 Å². The highest BCUT2D eigenvalue weighted by Gasteiger charge is 2.13. The highest BCUT2D eigenvalue weighted by molar-refractivity contribution is 6.30. The summed E-state index contributed by atoms with van der Waals surface area (Å²) in [7, 11) is 0. The normalized spacial score (nSPS) is 10.8. The van der Waals surface area contributed by atoms with Crippen LogP contribution in [0, 0.1) is 6.92 Å². The molecule has 0 atom stereocenters. The molecule has 3 rings (SSSR count). The summed E-state index contributed by atoms with van der Waals surface area (Å²) < 4.78 is 1.55. The fourth-order valence-corrected chi connectivity index (χ4v) is 2.37. The molecule has 0 unspecified atom stereocenters. The molecule has 0 bridgehead atoms. The Labute approximate surface area is 126 Å². The largest absolute Gasteiger partial charge is 0.347 e. The molecule has 0 aliphatic carbocycles. The molecule has 2 heterocycles. The van der Waals surface area contributed by atoms with Gasteiger partial charge in [0.1, 0.15) is 5.82 Å². The molecule has 0 spiro atoms. The second kappa shape index (κ2) is 5.54. The molecule has 1 aromatic carbocycles. The number of rotatable bonds is 3. The summed E-state index contributed by atoms with van der Waals surface area (Å²) in [5.74, 6) is 0.623. The smallest absolute Gasteiger partial charge is 0.264 e. The van der Waals surface area contributed by atoms with Crippen molar-refractivity contribution in [2.75, 3.05) is 0 Å². The van der Waals surface area contributed by atoms with Gasteiger partial charge in [-0.15, -0.1) is 0 Å². The van der Waals surface area contributed by atoms with Crippen LogP contribution < -0.4 is 5.69 Å². The summed E-state index contributed by atoms with van der Waals surface area (Å²) in [5.41, 5.74) is 2.40. The Kier molecular flexibility index (Phi) is 3.58. The third-order valence-corrected chi connectivity index (χ3v) is 3.47. The highest BCUT2D eigenvalue weighted by atomic mass is 35.5. The van der Waals surface area contributed by atoms with Crippen LogP contribution in [-0.4, -0.2) is 19.7 Å². The minimum absolute atomic E-state index is 0.278. The fraction of sp³-hybridized carbons (Fsp3) is 0.133. The molecular formula is C15H13ClN4O. The minimum Gasteiger partial charge on any atom is -0.264 e. The van der Waals surface area contributed by atoms with Crippen LogP contribution in [0.25, 0.3) is 5.69 Å². The van der Waals surface area contributed by atoms with Gasteiger partial charge in [-0.3, -0.25) is 4.98 Å². The Hall–Kier alpha value is -2.40. The van der Waals surface area contributed by atoms with E-state index in [-0.39, 0.29) is 5.69 Å². The molecule has 5 nitrogen and oxygen atoms in total. The van der Waals surface area contributed by atoms with Crippen molar-refractivity contribution in [3.05, 3.63) is 75.2 Å². The Morgan fingerprint density at radius 3 is 2.95 bits per heavy atom. The van der Waals surface area contributed by atoms with E-state index >= 15 is 0 Å². The van der Waals surface area contributed by atoms with E-state index in [0.29, 0.717) is 17.3 Å². The van der Waals surface area contributed by atoms with Crippen molar-refractivity contribution in [1.82, 2.24) is 19.7 Å². The number of hydrogen-bond acceptors (Lipinski definition) is 3. The lowest BCUT2D eigenvalue weighted by atomic mass is 10.1. The summed E-state index contributed by atoms with van der Waals surface area (Å²) in [6.45, 7) is 1.93. The lowest BCUT2D eigenvalue weighted by Gasteiger charge is -2.09. The summed E-state index contributed by atoms with van der Waals surface area (Å²) in [5, 5.41) is 7.19. The van der Waals surface area contributed by atoms with Crippen LogP contribution in [-0.2, 0) is 6.42 Å². The van der Waals surface area contributed by atoms with Crippen LogP contribution in [0.3, 0.4) is 0 Å². The van der Waals surface area contributed by atoms with E-state index in [1.54, 1.807) is 29.1 Å².